The third-order valence-corrected chi connectivity index (χ3v) is 5.33. The number of fused-ring (bicyclic) bond motifs is 1. The Balaban J connectivity index is 2.09. The molecule has 2 nitrogen and oxygen atoms in total. The first-order valence-corrected chi connectivity index (χ1v) is 9.89. The number of imidazole rings is 1. The van der Waals surface area contributed by atoms with Gasteiger partial charge < -0.3 is 0 Å². The first-order valence-electron chi connectivity index (χ1n) is 9.89. The fourth-order valence-electron chi connectivity index (χ4n) is 3.92. The number of rotatable bonds is 4. The Kier molecular flexibility index (Phi) is 4.76. The second-order valence-corrected chi connectivity index (χ2v) is 7.89. The number of para-hydroxylation sites is 4. The van der Waals surface area contributed by atoms with E-state index in [4.69, 9.17) is 0 Å². The molecule has 0 N–H and O–H groups in total. The zero-order chi connectivity index (χ0) is 19.8. The van der Waals surface area contributed by atoms with Crippen LogP contribution >= 0.6 is 0 Å². The Morgan fingerprint density at radius 3 is 2.00 bits per heavy atom. The molecule has 0 saturated carbocycles. The van der Waals surface area contributed by atoms with Crippen LogP contribution < -0.4 is 4.57 Å². The van der Waals surface area contributed by atoms with Gasteiger partial charge in [-0.3, -0.25) is 0 Å². The second kappa shape index (κ2) is 7.23. The largest absolute Gasteiger partial charge is 0.255 e. The van der Waals surface area contributed by atoms with Crippen molar-refractivity contribution in [1.82, 2.24) is 4.57 Å². The average molecular weight is 373 g/mol. The molecule has 4 aromatic rings. The minimum atomic E-state index is -0.225. The monoisotopic (exact) mass is 373 g/mol. The zero-order valence-corrected chi connectivity index (χ0v) is 16.9. The lowest BCUT2D eigenvalue weighted by Gasteiger charge is -2.16. The Hall–Kier alpha value is -2.94. The SMILES string of the molecule is CC(C)c1cccc(C(C)C)c1-[n+]1cn(-c2ccccc2F)c2ccccc21. The van der Waals surface area contributed by atoms with Gasteiger partial charge in [0, 0.05) is 11.1 Å². The van der Waals surface area contributed by atoms with E-state index in [1.807, 2.05) is 41.2 Å². The van der Waals surface area contributed by atoms with E-state index in [0.29, 0.717) is 17.5 Å². The van der Waals surface area contributed by atoms with E-state index in [0.717, 1.165) is 11.0 Å². The molecule has 0 aliphatic carbocycles. The molecule has 0 amide bonds. The predicted molar refractivity (Wildman–Crippen MR) is 113 cm³/mol. The van der Waals surface area contributed by atoms with Crippen LogP contribution in [-0.2, 0) is 0 Å². The molecule has 1 heterocycles. The molecule has 0 spiro atoms. The van der Waals surface area contributed by atoms with Gasteiger partial charge in [-0.25, -0.2) is 4.39 Å². The molecule has 28 heavy (non-hydrogen) atoms. The maximum atomic E-state index is 14.6. The highest BCUT2D eigenvalue weighted by atomic mass is 19.1. The van der Waals surface area contributed by atoms with Crippen molar-refractivity contribution in [2.24, 2.45) is 0 Å². The van der Waals surface area contributed by atoms with Gasteiger partial charge >= 0.3 is 0 Å². The molecule has 0 aliphatic heterocycles. The van der Waals surface area contributed by atoms with Crippen molar-refractivity contribution in [3.8, 4) is 11.4 Å². The molecule has 0 fully saturated rings. The number of benzene rings is 3. The number of nitrogens with zero attached hydrogens (tertiary/aromatic N) is 2. The van der Waals surface area contributed by atoms with Crippen molar-refractivity contribution in [2.45, 2.75) is 39.5 Å². The van der Waals surface area contributed by atoms with Crippen molar-refractivity contribution in [3.05, 3.63) is 90.0 Å². The van der Waals surface area contributed by atoms with Crippen molar-refractivity contribution in [2.75, 3.05) is 0 Å². The maximum absolute atomic E-state index is 14.6. The smallest absolute Gasteiger partial charge is 0.202 e. The number of aromatic nitrogens is 2. The van der Waals surface area contributed by atoms with E-state index in [2.05, 4.69) is 56.5 Å². The summed E-state index contributed by atoms with van der Waals surface area (Å²) in [6.07, 6.45) is 2.02. The van der Waals surface area contributed by atoms with E-state index in [1.165, 1.54) is 22.9 Å². The lowest BCUT2D eigenvalue weighted by atomic mass is 9.92. The van der Waals surface area contributed by atoms with Gasteiger partial charge in [0.25, 0.3) is 6.33 Å². The van der Waals surface area contributed by atoms with Crippen LogP contribution in [0.3, 0.4) is 0 Å². The van der Waals surface area contributed by atoms with Gasteiger partial charge in [0.2, 0.25) is 0 Å². The van der Waals surface area contributed by atoms with Crippen molar-refractivity contribution >= 4 is 11.0 Å². The molecule has 3 aromatic carbocycles. The van der Waals surface area contributed by atoms with Crippen LogP contribution in [0.1, 0.15) is 50.7 Å². The van der Waals surface area contributed by atoms with Crippen LogP contribution in [0.15, 0.2) is 73.1 Å². The molecule has 4 rings (SSSR count). The molecule has 0 unspecified atom stereocenters. The lowest BCUT2D eigenvalue weighted by Crippen LogP contribution is -2.33. The van der Waals surface area contributed by atoms with Crippen LogP contribution in [-0.4, -0.2) is 4.57 Å². The van der Waals surface area contributed by atoms with Crippen LogP contribution in [0.5, 0.6) is 0 Å². The van der Waals surface area contributed by atoms with Gasteiger partial charge in [0.05, 0.1) is 0 Å². The molecular weight excluding hydrogens is 347 g/mol. The second-order valence-electron chi connectivity index (χ2n) is 7.89. The van der Waals surface area contributed by atoms with Crippen molar-refractivity contribution < 1.29 is 8.96 Å². The van der Waals surface area contributed by atoms with Gasteiger partial charge in [-0.05, 0) is 36.1 Å². The van der Waals surface area contributed by atoms with E-state index in [-0.39, 0.29) is 5.82 Å². The first kappa shape index (κ1) is 18.4. The van der Waals surface area contributed by atoms with Gasteiger partial charge in [-0.2, -0.15) is 9.13 Å². The minimum Gasteiger partial charge on any atom is -0.202 e. The van der Waals surface area contributed by atoms with Crippen LogP contribution in [0.4, 0.5) is 4.39 Å². The van der Waals surface area contributed by atoms with Crippen molar-refractivity contribution in [3.63, 3.8) is 0 Å². The topological polar surface area (TPSA) is 8.81 Å². The number of halogens is 1. The van der Waals surface area contributed by atoms with E-state index in [9.17, 15) is 4.39 Å². The molecule has 1 aromatic heterocycles. The summed E-state index contributed by atoms with van der Waals surface area (Å²) in [5, 5.41) is 0. The lowest BCUT2D eigenvalue weighted by molar-refractivity contribution is -0.569. The molecule has 0 radical (unpaired) electrons. The van der Waals surface area contributed by atoms with Crippen molar-refractivity contribution in [1.29, 1.82) is 0 Å². The summed E-state index contributed by atoms with van der Waals surface area (Å²) in [5.74, 6) is 0.546. The van der Waals surface area contributed by atoms with Gasteiger partial charge in [0.15, 0.2) is 22.5 Å². The Bertz CT molecular complexity index is 1110. The minimum absolute atomic E-state index is 0.225. The predicted octanol–water partition coefficient (Wildman–Crippen LogP) is 6.29. The molecule has 0 bridgehead atoms. The summed E-state index contributed by atoms with van der Waals surface area (Å²) < 4.78 is 18.8. The van der Waals surface area contributed by atoms with Crippen LogP contribution in [0, 0.1) is 5.82 Å². The highest BCUT2D eigenvalue weighted by Crippen LogP contribution is 2.30. The van der Waals surface area contributed by atoms with Gasteiger partial charge in [-0.1, -0.05) is 70.2 Å². The third kappa shape index (κ3) is 3.01. The third-order valence-electron chi connectivity index (χ3n) is 5.33. The average Bonchev–Trinajstić information content (AvgIpc) is 3.07. The molecule has 3 heteroatoms. The number of hydrogen-bond donors (Lipinski definition) is 0. The first-order chi connectivity index (χ1) is 13.5. The normalized spacial score (nSPS) is 11.7. The van der Waals surface area contributed by atoms with Crippen LogP contribution in [0.25, 0.3) is 22.4 Å². The van der Waals surface area contributed by atoms with E-state index < -0.39 is 0 Å². The summed E-state index contributed by atoms with van der Waals surface area (Å²) >= 11 is 0. The summed E-state index contributed by atoms with van der Waals surface area (Å²) in [6, 6.07) is 21.7. The Morgan fingerprint density at radius 2 is 1.36 bits per heavy atom. The summed E-state index contributed by atoms with van der Waals surface area (Å²) in [6.45, 7) is 8.89. The maximum Gasteiger partial charge on any atom is 0.255 e. The Morgan fingerprint density at radius 1 is 0.750 bits per heavy atom. The highest BCUT2D eigenvalue weighted by molar-refractivity contribution is 5.75. The van der Waals surface area contributed by atoms with Crippen LogP contribution in [0.2, 0.25) is 0 Å². The quantitative estimate of drug-likeness (QED) is 0.372. The molecular formula is C25H26FN2+. The summed E-state index contributed by atoms with van der Waals surface area (Å²) in [5.41, 5.74) is 6.42. The fourth-order valence-corrected chi connectivity index (χ4v) is 3.92. The van der Waals surface area contributed by atoms with E-state index in [1.54, 1.807) is 6.07 Å². The molecule has 0 atom stereocenters. The summed E-state index contributed by atoms with van der Waals surface area (Å²) in [7, 11) is 0. The molecule has 0 aliphatic rings. The Labute approximate surface area is 165 Å². The van der Waals surface area contributed by atoms with E-state index >= 15 is 0 Å². The summed E-state index contributed by atoms with van der Waals surface area (Å²) in [4.78, 5) is 0. The standard InChI is InChI=1S/C25H26FN2/c1-17(2)19-10-9-11-20(18(3)4)25(19)28-16-27(22-13-6-5-12-21(22)26)23-14-7-8-15-24(23)28/h5-18H,1-4H3/q+1. The number of hydrogen-bond acceptors (Lipinski definition) is 0. The highest BCUT2D eigenvalue weighted by Gasteiger charge is 2.25. The molecule has 142 valence electrons. The molecule has 0 saturated heterocycles. The fraction of sp³-hybridized carbons (Fsp3) is 0.240. The van der Waals surface area contributed by atoms with Gasteiger partial charge in [0.1, 0.15) is 5.69 Å². The zero-order valence-electron chi connectivity index (χ0n) is 16.9. The van der Waals surface area contributed by atoms with Gasteiger partial charge in [-0.15, -0.1) is 0 Å².